The van der Waals surface area contributed by atoms with E-state index < -0.39 is 0 Å². The van der Waals surface area contributed by atoms with Crippen molar-refractivity contribution >= 4 is 5.82 Å². The van der Waals surface area contributed by atoms with Crippen LogP contribution in [0.5, 0.6) is 0 Å². The highest BCUT2D eigenvalue weighted by Gasteiger charge is 2.30. The molecular formula is C12H18N2O. The lowest BCUT2D eigenvalue weighted by molar-refractivity contribution is 0.140. The molecule has 0 spiro atoms. The molecule has 3 unspecified atom stereocenters. The molecule has 0 saturated heterocycles. The van der Waals surface area contributed by atoms with E-state index in [0.717, 1.165) is 18.4 Å². The van der Waals surface area contributed by atoms with Gasteiger partial charge in [-0.25, -0.2) is 4.98 Å². The Morgan fingerprint density at radius 3 is 2.73 bits per heavy atom. The molecule has 1 heterocycles. The number of aliphatic hydroxyl groups excluding tert-OH is 1. The SMILES string of the molecule is Cc1cc(C2CC(C)C(O)C2)cnc1N. The fourth-order valence-electron chi connectivity index (χ4n) is 2.33. The minimum absolute atomic E-state index is 0.159. The Kier molecular flexibility index (Phi) is 2.65. The quantitative estimate of drug-likeness (QED) is 0.737. The number of rotatable bonds is 1. The summed E-state index contributed by atoms with van der Waals surface area (Å²) in [5.74, 6) is 1.44. The Morgan fingerprint density at radius 2 is 2.20 bits per heavy atom. The molecule has 1 aliphatic rings. The summed E-state index contributed by atoms with van der Waals surface area (Å²) in [6.45, 7) is 4.07. The molecule has 3 atom stereocenters. The van der Waals surface area contributed by atoms with Gasteiger partial charge in [0, 0.05) is 6.20 Å². The molecule has 3 N–H and O–H groups in total. The van der Waals surface area contributed by atoms with Gasteiger partial charge in [-0.15, -0.1) is 0 Å². The fourth-order valence-corrected chi connectivity index (χ4v) is 2.33. The monoisotopic (exact) mass is 206 g/mol. The number of nitrogen functional groups attached to an aromatic ring is 1. The molecule has 1 aliphatic carbocycles. The Balaban J connectivity index is 2.20. The number of nitrogens with zero attached hydrogens (tertiary/aromatic N) is 1. The van der Waals surface area contributed by atoms with Gasteiger partial charge >= 0.3 is 0 Å². The number of aliphatic hydroxyl groups is 1. The number of hydrogen-bond acceptors (Lipinski definition) is 3. The van der Waals surface area contributed by atoms with Crippen molar-refractivity contribution in [1.82, 2.24) is 4.98 Å². The van der Waals surface area contributed by atoms with Gasteiger partial charge in [0.2, 0.25) is 0 Å². The Labute approximate surface area is 90.3 Å². The summed E-state index contributed by atoms with van der Waals surface area (Å²) in [7, 11) is 0. The van der Waals surface area contributed by atoms with Crippen molar-refractivity contribution in [3.63, 3.8) is 0 Å². The first-order valence-electron chi connectivity index (χ1n) is 5.48. The maximum atomic E-state index is 9.71. The average molecular weight is 206 g/mol. The first-order chi connectivity index (χ1) is 7.08. The van der Waals surface area contributed by atoms with Crippen LogP contribution in [0.4, 0.5) is 5.82 Å². The van der Waals surface area contributed by atoms with Crippen LogP contribution in [0.2, 0.25) is 0 Å². The second-order valence-corrected chi connectivity index (χ2v) is 4.68. The number of aryl methyl sites for hydroxylation is 1. The summed E-state index contributed by atoms with van der Waals surface area (Å²) in [5, 5.41) is 9.71. The number of nitrogens with two attached hydrogens (primary N) is 1. The van der Waals surface area contributed by atoms with Gasteiger partial charge < -0.3 is 10.8 Å². The maximum Gasteiger partial charge on any atom is 0.126 e. The van der Waals surface area contributed by atoms with E-state index in [2.05, 4.69) is 18.0 Å². The van der Waals surface area contributed by atoms with E-state index >= 15 is 0 Å². The third-order valence-electron chi connectivity index (χ3n) is 3.45. The molecule has 1 fully saturated rings. The molecule has 2 rings (SSSR count). The highest BCUT2D eigenvalue weighted by molar-refractivity contribution is 5.40. The largest absolute Gasteiger partial charge is 0.393 e. The van der Waals surface area contributed by atoms with E-state index in [4.69, 9.17) is 5.73 Å². The standard InChI is InChI=1S/C12H18N2O/c1-7-3-9(5-11(7)15)10-4-8(2)12(13)14-6-10/h4,6-7,9,11,15H,3,5H2,1-2H3,(H2,13,14). The predicted octanol–water partition coefficient (Wildman–Crippen LogP) is 1.85. The molecule has 0 amide bonds. The third-order valence-corrected chi connectivity index (χ3v) is 3.45. The van der Waals surface area contributed by atoms with E-state index in [-0.39, 0.29) is 6.10 Å². The zero-order valence-corrected chi connectivity index (χ0v) is 9.27. The lowest BCUT2D eigenvalue weighted by Crippen LogP contribution is -2.08. The van der Waals surface area contributed by atoms with Crippen LogP contribution >= 0.6 is 0 Å². The van der Waals surface area contributed by atoms with Crippen molar-refractivity contribution in [3.05, 3.63) is 23.4 Å². The van der Waals surface area contributed by atoms with Crippen LogP contribution < -0.4 is 5.73 Å². The fraction of sp³-hybridized carbons (Fsp3) is 0.583. The maximum absolute atomic E-state index is 9.71. The van der Waals surface area contributed by atoms with Crippen LogP contribution in [0.1, 0.15) is 36.8 Å². The van der Waals surface area contributed by atoms with E-state index in [1.165, 1.54) is 5.56 Å². The first-order valence-corrected chi connectivity index (χ1v) is 5.48. The predicted molar refractivity (Wildman–Crippen MR) is 60.5 cm³/mol. The Hall–Kier alpha value is -1.09. The van der Waals surface area contributed by atoms with Crippen LogP contribution in [-0.2, 0) is 0 Å². The minimum atomic E-state index is -0.159. The van der Waals surface area contributed by atoms with Crippen molar-refractivity contribution in [2.75, 3.05) is 5.73 Å². The second kappa shape index (κ2) is 3.81. The van der Waals surface area contributed by atoms with Crippen LogP contribution in [0.3, 0.4) is 0 Å². The van der Waals surface area contributed by atoms with Crippen LogP contribution in [-0.4, -0.2) is 16.2 Å². The molecule has 1 aromatic heterocycles. The summed E-state index contributed by atoms with van der Waals surface area (Å²) in [6.07, 6.45) is 3.59. The number of hydrogen-bond donors (Lipinski definition) is 2. The van der Waals surface area contributed by atoms with E-state index in [9.17, 15) is 5.11 Å². The average Bonchev–Trinajstić information content (AvgIpc) is 2.52. The molecule has 3 heteroatoms. The van der Waals surface area contributed by atoms with Crippen molar-refractivity contribution in [3.8, 4) is 0 Å². The molecule has 82 valence electrons. The van der Waals surface area contributed by atoms with Crippen molar-refractivity contribution in [1.29, 1.82) is 0 Å². The summed E-state index contributed by atoms with van der Waals surface area (Å²) < 4.78 is 0. The van der Waals surface area contributed by atoms with E-state index in [1.807, 2.05) is 13.1 Å². The molecular weight excluding hydrogens is 188 g/mol. The molecule has 0 radical (unpaired) electrons. The summed E-state index contributed by atoms with van der Waals surface area (Å²) >= 11 is 0. The Morgan fingerprint density at radius 1 is 1.47 bits per heavy atom. The minimum Gasteiger partial charge on any atom is -0.393 e. The van der Waals surface area contributed by atoms with Gasteiger partial charge in [0.25, 0.3) is 0 Å². The topological polar surface area (TPSA) is 59.1 Å². The molecule has 1 aromatic rings. The van der Waals surface area contributed by atoms with Crippen molar-refractivity contribution < 1.29 is 5.11 Å². The van der Waals surface area contributed by atoms with Crippen molar-refractivity contribution in [2.45, 2.75) is 38.7 Å². The van der Waals surface area contributed by atoms with Gasteiger partial charge in [0.05, 0.1) is 6.10 Å². The zero-order valence-electron chi connectivity index (χ0n) is 9.27. The van der Waals surface area contributed by atoms with Gasteiger partial charge in [-0.3, -0.25) is 0 Å². The van der Waals surface area contributed by atoms with Gasteiger partial charge in [-0.05, 0) is 42.7 Å². The molecule has 0 aliphatic heterocycles. The molecule has 15 heavy (non-hydrogen) atoms. The summed E-state index contributed by atoms with van der Waals surface area (Å²) in [4.78, 5) is 4.17. The second-order valence-electron chi connectivity index (χ2n) is 4.68. The third kappa shape index (κ3) is 1.97. The highest BCUT2D eigenvalue weighted by atomic mass is 16.3. The summed E-state index contributed by atoms with van der Waals surface area (Å²) in [6, 6.07) is 2.09. The Bertz CT molecular complexity index is 355. The number of anilines is 1. The molecule has 0 bridgehead atoms. The molecule has 0 aromatic carbocycles. The lowest BCUT2D eigenvalue weighted by Gasteiger charge is -2.10. The normalized spacial score (nSPS) is 30.7. The van der Waals surface area contributed by atoms with Gasteiger partial charge in [0.1, 0.15) is 5.82 Å². The highest BCUT2D eigenvalue weighted by Crippen LogP contribution is 2.38. The summed E-state index contributed by atoms with van der Waals surface area (Å²) in [5.41, 5.74) is 7.92. The van der Waals surface area contributed by atoms with Gasteiger partial charge in [0.15, 0.2) is 0 Å². The van der Waals surface area contributed by atoms with Crippen LogP contribution in [0.25, 0.3) is 0 Å². The zero-order chi connectivity index (χ0) is 11.0. The molecule has 1 saturated carbocycles. The van der Waals surface area contributed by atoms with Crippen LogP contribution in [0, 0.1) is 12.8 Å². The van der Waals surface area contributed by atoms with E-state index in [0.29, 0.717) is 17.7 Å². The number of pyridine rings is 1. The van der Waals surface area contributed by atoms with Gasteiger partial charge in [-0.1, -0.05) is 13.0 Å². The van der Waals surface area contributed by atoms with Gasteiger partial charge in [-0.2, -0.15) is 0 Å². The smallest absolute Gasteiger partial charge is 0.126 e. The van der Waals surface area contributed by atoms with Crippen molar-refractivity contribution in [2.24, 2.45) is 5.92 Å². The first kappa shape index (κ1) is 10.4. The van der Waals surface area contributed by atoms with E-state index in [1.54, 1.807) is 0 Å². The molecule has 3 nitrogen and oxygen atoms in total. The van der Waals surface area contributed by atoms with Crippen LogP contribution in [0.15, 0.2) is 12.3 Å². The lowest BCUT2D eigenvalue weighted by atomic mass is 9.97. The number of aromatic nitrogens is 1.